The van der Waals surface area contributed by atoms with E-state index in [2.05, 4.69) is 154 Å². The molecule has 452 valence electrons. The second kappa shape index (κ2) is 23.5. The van der Waals surface area contributed by atoms with Gasteiger partial charge in [-0.2, -0.15) is 0 Å². The van der Waals surface area contributed by atoms with Crippen molar-refractivity contribution in [2.75, 3.05) is 7.11 Å². The zero-order chi connectivity index (χ0) is 58.3. The van der Waals surface area contributed by atoms with Crippen molar-refractivity contribution in [3.05, 3.63) is 47.5 Å². The van der Waals surface area contributed by atoms with E-state index in [1.807, 2.05) is 14.0 Å². The molecule has 7 fully saturated rings. The lowest BCUT2D eigenvalue weighted by atomic mass is 9.33. The monoisotopic (exact) mass is 1130 g/mol. The van der Waals surface area contributed by atoms with Crippen molar-refractivity contribution in [1.82, 2.24) is 0 Å². The molecule has 3 saturated heterocycles. The van der Waals surface area contributed by atoms with Crippen LogP contribution in [0.5, 0.6) is 0 Å². The molecule has 8 aliphatic rings. The number of aldehydes is 1. The van der Waals surface area contributed by atoms with E-state index in [-0.39, 0.29) is 87.7 Å². The van der Waals surface area contributed by atoms with Gasteiger partial charge in [0.25, 0.3) is 0 Å². The van der Waals surface area contributed by atoms with Crippen molar-refractivity contribution in [2.24, 2.45) is 85.8 Å². The zero-order valence-electron chi connectivity index (χ0n) is 53.6. The number of rotatable bonds is 17. The normalized spacial score (nSPS) is 48.4. The number of allylic oxidation sites excluding steroid dienone is 2. The van der Waals surface area contributed by atoms with Crippen LogP contribution >= 0.6 is 0 Å². The molecule has 5 aliphatic carbocycles. The van der Waals surface area contributed by atoms with Crippen molar-refractivity contribution in [2.45, 2.75) is 281 Å². The minimum absolute atomic E-state index is 0.0132. The number of carbonyl (C=O) groups excluding carboxylic acids is 2. The van der Waals surface area contributed by atoms with Crippen LogP contribution in [0.3, 0.4) is 0 Å². The Morgan fingerprint density at radius 3 is 1.94 bits per heavy atom. The van der Waals surface area contributed by atoms with Gasteiger partial charge in [-0.05, 0) is 171 Å². The number of Topliss-reactive ketones (excluding diaryl/α,β-unsaturated/α-hetero) is 1. The molecule has 11 heteroatoms. The largest absolute Gasteiger partial charge is 0.408 e. The van der Waals surface area contributed by atoms with Crippen molar-refractivity contribution in [3.8, 4) is 0 Å². The van der Waals surface area contributed by atoms with Gasteiger partial charge >= 0.3 is 0 Å². The Morgan fingerprint density at radius 2 is 1.31 bits per heavy atom. The van der Waals surface area contributed by atoms with Gasteiger partial charge in [-0.3, -0.25) is 4.79 Å². The second-order valence-corrected chi connectivity index (χ2v) is 34.7. The fourth-order valence-electron chi connectivity index (χ4n) is 19.4. The maximum atomic E-state index is 14.6. The Morgan fingerprint density at radius 1 is 0.662 bits per heavy atom. The fourth-order valence-corrected chi connectivity index (χ4v) is 22.3. The van der Waals surface area contributed by atoms with Gasteiger partial charge in [0.1, 0.15) is 18.2 Å². The van der Waals surface area contributed by atoms with E-state index in [0.717, 1.165) is 75.9 Å². The summed E-state index contributed by atoms with van der Waals surface area (Å²) >= 11 is 0. The lowest BCUT2D eigenvalue weighted by Gasteiger charge is -2.72. The molecule has 12 unspecified atom stereocenters. The number of hydrogen-bond donors (Lipinski definition) is 0. The van der Waals surface area contributed by atoms with Crippen LogP contribution in [0.2, 0.25) is 18.1 Å². The van der Waals surface area contributed by atoms with Gasteiger partial charge in [-0.1, -0.05) is 153 Å². The summed E-state index contributed by atoms with van der Waals surface area (Å²) in [6.07, 6.45) is 9.15. The number of ether oxygens (including phenoxy) is 7. The fraction of sp³-hybridized carbons (Fsp3) is 0.855. The highest BCUT2D eigenvalue weighted by molar-refractivity contribution is 6.73. The van der Waals surface area contributed by atoms with Crippen molar-refractivity contribution < 1.29 is 47.2 Å². The number of benzene rings is 1. The molecule has 10 nitrogen and oxygen atoms in total. The summed E-state index contributed by atoms with van der Waals surface area (Å²) in [7, 11) is -0.309. The van der Waals surface area contributed by atoms with Crippen LogP contribution in [-0.4, -0.2) is 95.2 Å². The summed E-state index contributed by atoms with van der Waals surface area (Å²) in [5, 5.41) is 0. The SMILES string of the molecule is CCC1O[C@@H](OC2[C@H](O[C@H]3CCC4(C)C5CC=C6C7CC(C)(C)CC[C@]7(C(C)=O)C(OC)CC6(C)C5(C)CC[C@H]4[C@@]3(C)C=O)OC(Cc3ccccc3)[C@H](C)[C@@H]2O[C@H]2O[C@@H](C)[C@@H](C)C(C)C2C)C(O[Si](CC)(CC)CC)[C@@H](C)[C@H]1C. The third-order valence-corrected chi connectivity index (χ3v) is 30.7. The molecule has 0 amide bonds. The van der Waals surface area contributed by atoms with Crippen LogP contribution in [-0.2, 0) is 53.6 Å². The maximum Gasteiger partial charge on any atom is 0.192 e. The molecule has 4 saturated carbocycles. The molecule has 1 aromatic rings. The summed E-state index contributed by atoms with van der Waals surface area (Å²) in [6, 6.07) is 13.7. The highest BCUT2D eigenvalue weighted by Gasteiger charge is 2.72. The van der Waals surface area contributed by atoms with Gasteiger partial charge in [-0.25, -0.2) is 0 Å². The molecule has 0 aromatic heterocycles. The molecule has 9 rings (SSSR count). The predicted octanol–water partition coefficient (Wildman–Crippen LogP) is 15.4. The first-order valence-corrected chi connectivity index (χ1v) is 35.1. The van der Waals surface area contributed by atoms with E-state index >= 15 is 0 Å². The Kier molecular flexibility index (Phi) is 18.4. The Hall–Kier alpha value is -1.80. The topological polar surface area (TPSA) is 108 Å². The molecular weight excluding hydrogens is 1020 g/mol. The summed E-state index contributed by atoms with van der Waals surface area (Å²) < 4.78 is 58.9. The van der Waals surface area contributed by atoms with Crippen LogP contribution < -0.4 is 0 Å². The van der Waals surface area contributed by atoms with Gasteiger partial charge in [0.2, 0.25) is 0 Å². The van der Waals surface area contributed by atoms with Gasteiger partial charge in [-0.15, -0.1) is 0 Å². The third kappa shape index (κ3) is 10.3. The minimum atomic E-state index is -2.16. The number of ketones is 1. The Balaban J connectivity index is 1.10. The average molecular weight is 1130 g/mol. The van der Waals surface area contributed by atoms with Crippen LogP contribution in [0, 0.1) is 85.8 Å². The summed E-state index contributed by atoms with van der Waals surface area (Å²) in [4.78, 5) is 28.7. The van der Waals surface area contributed by atoms with Gasteiger partial charge in [0.15, 0.2) is 27.2 Å². The minimum Gasteiger partial charge on any atom is -0.408 e. The molecule has 25 atom stereocenters. The van der Waals surface area contributed by atoms with Gasteiger partial charge in [0.05, 0.1) is 53.6 Å². The summed E-state index contributed by atoms with van der Waals surface area (Å²) in [5.74, 6) is 2.01. The van der Waals surface area contributed by atoms with E-state index in [1.54, 1.807) is 0 Å². The Bertz CT molecular complexity index is 2330. The highest BCUT2D eigenvalue weighted by atomic mass is 28.4. The second-order valence-electron chi connectivity index (χ2n) is 30.0. The lowest BCUT2D eigenvalue weighted by molar-refractivity contribution is -0.382. The molecule has 0 radical (unpaired) electrons. The predicted molar refractivity (Wildman–Crippen MR) is 320 cm³/mol. The van der Waals surface area contributed by atoms with Crippen molar-refractivity contribution in [3.63, 3.8) is 0 Å². The lowest BCUT2D eigenvalue weighted by Crippen LogP contribution is -2.68. The van der Waals surface area contributed by atoms with Crippen LogP contribution in [0.1, 0.15) is 194 Å². The third-order valence-electron chi connectivity index (χ3n) is 26.1. The van der Waals surface area contributed by atoms with Crippen LogP contribution in [0.15, 0.2) is 42.0 Å². The number of carbonyl (C=O) groups is 2. The molecule has 1 aromatic carbocycles. The molecule has 0 N–H and O–H groups in total. The molecule has 3 heterocycles. The van der Waals surface area contributed by atoms with Crippen LogP contribution in [0.4, 0.5) is 0 Å². The first kappa shape index (κ1) is 62.7. The molecule has 0 spiro atoms. The van der Waals surface area contributed by atoms with E-state index in [0.29, 0.717) is 36.4 Å². The summed E-state index contributed by atoms with van der Waals surface area (Å²) in [6.45, 7) is 41.6. The summed E-state index contributed by atoms with van der Waals surface area (Å²) in [5.41, 5.74) is 1.12. The molecular formula is C69H112O10Si. The maximum absolute atomic E-state index is 14.6. The van der Waals surface area contributed by atoms with Gasteiger partial charge < -0.3 is 42.4 Å². The average Bonchev–Trinajstić information content (AvgIpc) is 3.21. The Labute approximate surface area is 486 Å². The van der Waals surface area contributed by atoms with E-state index in [4.69, 9.17) is 37.6 Å². The highest BCUT2D eigenvalue weighted by Crippen LogP contribution is 2.76. The molecule has 80 heavy (non-hydrogen) atoms. The number of methoxy groups -OCH3 is 1. The van der Waals surface area contributed by atoms with Gasteiger partial charge in [0, 0.05) is 18.9 Å². The smallest absolute Gasteiger partial charge is 0.192 e. The van der Waals surface area contributed by atoms with Crippen LogP contribution in [0.25, 0.3) is 0 Å². The van der Waals surface area contributed by atoms with Crippen molar-refractivity contribution in [1.29, 1.82) is 0 Å². The first-order chi connectivity index (χ1) is 37.7. The van der Waals surface area contributed by atoms with Crippen molar-refractivity contribution >= 4 is 20.4 Å². The first-order valence-electron chi connectivity index (χ1n) is 32.6. The molecule has 0 bridgehead atoms. The van der Waals surface area contributed by atoms with E-state index in [1.165, 1.54) is 17.4 Å². The quantitative estimate of drug-likeness (QED) is 0.0648. The molecule has 3 aliphatic heterocycles. The van der Waals surface area contributed by atoms with E-state index < -0.39 is 56.3 Å². The number of fused-ring (bicyclic) bond motifs is 7. The zero-order valence-corrected chi connectivity index (χ0v) is 54.6. The number of hydrogen-bond acceptors (Lipinski definition) is 10. The van der Waals surface area contributed by atoms with E-state index in [9.17, 15) is 9.59 Å². The standard InChI is InChI=1S/C69H112O10Si/c1-20-52-43(7)44(8)59(79-80(21-2,22-3)23-4)62(74-52)78-60-58(77-61-45(9)41(5)42(6)47(11)73-61)46(10)53(37-49-27-25-24-26-28-49)75-63(60)76-56-32-33-65(15)54(66(56,16)40-70)31-34-67(17)55(65)30-29-50-51-38-64(13,14)35-36-69(51,48(12)71)57(72-19)39-68(50,67)18/h24-29,40-47,51-63H,20-23,30-39H2,1-19H3/t41?,42-,43+,44-,45?,46-,47-,51?,52?,53?,54+,55?,56-,57?,58-,59?,60?,61+,62-,63-,65?,66+,67?,68?,69+/m0/s1.